The lowest BCUT2D eigenvalue weighted by Crippen LogP contribution is -2.09. The van der Waals surface area contributed by atoms with Crippen LogP contribution in [0, 0.1) is 0 Å². The van der Waals surface area contributed by atoms with Gasteiger partial charge < -0.3 is 9.47 Å². The molecule has 0 saturated heterocycles. The number of aryl methyl sites for hydroxylation is 1. The zero-order valence-corrected chi connectivity index (χ0v) is 17.4. The first-order valence-electron chi connectivity index (χ1n) is 10.2. The van der Waals surface area contributed by atoms with E-state index in [2.05, 4.69) is 31.2 Å². The summed E-state index contributed by atoms with van der Waals surface area (Å²) in [6.45, 7) is 6.80. The second-order valence-electron chi connectivity index (χ2n) is 7.08. The molecule has 3 aromatic rings. The van der Waals surface area contributed by atoms with E-state index in [9.17, 15) is 4.79 Å². The van der Waals surface area contributed by atoms with Gasteiger partial charge in [-0.25, -0.2) is 4.79 Å². The third-order valence-electron chi connectivity index (χ3n) is 4.92. The van der Waals surface area contributed by atoms with Gasteiger partial charge in [0, 0.05) is 6.61 Å². The molecule has 0 bridgehead atoms. The maximum absolute atomic E-state index is 12.4. The molecule has 29 heavy (non-hydrogen) atoms. The molecule has 0 aliphatic rings. The van der Waals surface area contributed by atoms with Crippen LogP contribution in [0.5, 0.6) is 5.75 Å². The standard InChI is InChI=1S/C26H28O3/c1-4-6-20-7-9-22(10-8-20)23-15-17-25(18-16-23)29-26(27)24-13-11-21(12-14-24)19(3)28-5-2/h7-19H,4-6H2,1-3H3. The summed E-state index contributed by atoms with van der Waals surface area (Å²) in [6, 6.07) is 23.6. The molecule has 150 valence electrons. The third-order valence-corrected chi connectivity index (χ3v) is 4.92. The molecule has 0 heterocycles. The lowest BCUT2D eigenvalue weighted by atomic mass is 10.0. The summed E-state index contributed by atoms with van der Waals surface area (Å²) in [5, 5.41) is 0. The van der Waals surface area contributed by atoms with Crippen LogP contribution < -0.4 is 4.74 Å². The molecule has 3 heteroatoms. The maximum atomic E-state index is 12.4. The van der Waals surface area contributed by atoms with Crippen LogP contribution in [0.4, 0.5) is 0 Å². The molecule has 1 unspecified atom stereocenters. The number of benzene rings is 3. The summed E-state index contributed by atoms with van der Waals surface area (Å²) in [5.74, 6) is 0.172. The van der Waals surface area contributed by atoms with Gasteiger partial charge in [-0.1, -0.05) is 61.9 Å². The van der Waals surface area contributed by atoms with E-state index in [1.165, 1.54) is 5.56 Å². The fraction of sp³-hybridized carbons (Fsp3) is 0.269. The Morgan fingerprint density at radius 3 is 1.97 bits per heavy atom. The Labute approximate surface area is 173 Å². The molecule has 3 aromatic carbocycles. The summed E-state index contributed by atoms with van der Waals surface area (Å²) in [6.07, 6.45) is 2.25. The van der Waals surface area contributed by atoms with Gasteiger partial charge in [-0.05, 0) is 66.8 Å². The van der Waals surface area contributed by atoms with E-state index < -0.39 is 0 Å². The lowest BCUT2D eigenvalue weighted by molar-refractivity contribution is 0.0729. The zero-order valence-electron chi connectivity index (χ0n) is 17.4. The van der Waals surface area contributed by atoms with Crippen molar-refractivity contribution in [2.45, 2.75) is 39.7 Å². The first kappa shape index (κ1) is 20.8. The molecule has 3 rings (SSSR count). The van der Waals surface area contributed by atoms with Gasteiger partial charge in [-0.2, -0.15) is 0 Å². The Morgan fingerprint density at radius 1 is 0.828 bits per heavy atom. The minimum absolute atomic E-state index is 0.00801. The summed E-state index contributed by atoms with van der Waals surface area (Å²) < 4.78 is 11.1. The second kappa shape index (κ2) is 10.0. The number of ether oxygens (including phenoxy) is 2. The Kier molecular flexibility index (Phi) is 7.20. The topological polar surface area (TPSA) is 35.5 Å². The van der Waals surface area contributed by atoms with Crippen molar-refractivity contribution < 1.29 is 14.3 Å². The van der Waals surface area contributed by atoms with Crippen LogP contribution in [-0.4, -0.2) is 12.6 Å². The molecule has 0 saturated carbocycles. The molecule has 0 fully saturated rings. The Hall–Kier alpha value is -2.91. The quantitative estimate of drug-likeness (QED) is 0.321. The summed E-state index contributed by atoms with van der Waals surface area (Å²) in [5.41, 5.74) is 5.16. The highest BCUT2D eigenvalue weighted by atomic mass is 16.5. The highest BCUT2D eigenvalue weighted by Gasteiger charge is 2.11. The third kappa shape index (κ3) is 5.55. The van der Waals surface area contributed by atoms with Crippen molar-refractivity contribution in [2.24, 2.45) is 0 Å². The fourth-order valence-corrected chi connectivity index (χ4v) is 3.27. The SMILES string of the molecule is CCCc1ccc(-c2ccc(OC(=O)c3ccc(C(C)OCC)cc3)cc2)cc1. The number of hydrogen-bond acceptors (Lipinski definition) is 3. The van der Waals surface area contributed by atoms with E-state index in [4.69, 9.17) is 9.47 Å². The van der Waals surface area contributed by atoms with Crippen molar-refractivity contribution in [3.05, 3.63) is 89.5 Å². The number of hydrogen-bond donors (Lipinski definition) is 0. The summed E-state index contributed by atoms with van der Waals surface area (Å²) in [7, 11) is 0. The molecule has 0 N–H and O–H groups in total. The van der Waals surface area contributed by atoms with Crippen LogP contribution in [0.25, 0.3) is 11.1 Å². The van der Waals surface area contributed by atoms with Crippen LogP contribution >= 0.6 is 0 Å². The van der Waals surface area contributed by atoms with Gasteiger partial charge in [0.1, 0.15) is 5.75 Å². The van der Waals surface area contributed by atoms with Gasteiger partial charge in [0.15, 0.2) is 0 Å². The molecule has 0 aromatic heterocycles. The smallest absolute Gasteiger partial charge is 0.343 e. The summed E-state index contributed by atoms with van der Waals surface area (Å²) in [4.78, 5) is 12.4. The van der Waals surface area contributed by atoms with Crippen LogP contribution in [0.1, 0.15) is 54.8 Å². The van der Waals surface area contributed by atoms with Crippen molar-refractivity contribution in [1.82, 2.24) is 0 Å². The minimum atomic E-state index is -0.364. The van der Waals surface area contributed by atoms with E-state index in [-0.39, 0.29) is 12.1 Å². The molecule has 0 spiro atoms. The molecule has 0 aliphatic heterocycles. The van der Waals surface area contributed by atoms with Gasteiger partial charge in [0.25, 0.3) is 0 Å². The molecule has 0 radical (unpaired) electrons. The van der Waals surface area contributed by atoms with Gasteiger partial charge >= 0.3 is 5.97 Å². The van der Waals surface area contributed by atoms with Crippen LogP contribution in [-0.2, 0) is 11.2 Å². The van der Waals surface area contributed by atoms with Gasteiger partial charge in [-0.15, -0.1) is 0 Å². The maximum Gasteiger partial charge on any atom is 0.343 e. The average Bonchev–Trinajstić information content (AvgIpc) is 2.75. The van der Waals surface area contributed by atoms with Crippen molar-refractivity contribution in [3.63, 3.8) is 0 Å². The second-order valence-corrected chi connectivity index (χ2v) is 7.08. The largest absolute Gasteiger partial charge is 0.423 e. The van der Waals surface area contributed by atoms with E-state index >= 15 is 0 Å². The number of carbonyl (C=O) groups is 1. The number of rotatable bonds is 8. The Morgan fingerprint density at radius 2 is 1.41 bits per heavy atom. The highest BCUT2D eigenvalue weighted by Crippen LogP contribution is 2.24. The first-order chi connectivity index (χ1) is 14.1. The number of esters is 1. The lowest BCUT2D eigenvalue weighted by Gasteiger charge is -2.12. The van der Waals surface area contributed by atoms with E-state index in [1.54, 1.807) is 12.1 Å². The normalized spacial score (nSPS) is 11.8. The molecular weight excluding hydrogens is 360 g/mol. The molecule has 0 amide bonds. The molecule has 0 aliphatic carbocycles. The van der Waals surface area contributed by atoms with Crippen LogP contribution in [0.3, 0.4) is 0 Å². The van der Waals surface area contributed by atoms with Crippen LogP contribution in [0.15, 0.2) is 72.8 Å². The van der Waals surface area contributed by atoms with Gasteiger partial charge in [-0.3, -0.25) is 0 Å². The van der Waals surface area contributed by atoms with E-state index in [0.717, 1.165) is 29.5 Å². The molecular formula is C26H28O3. The summed E-state index contributed by atoms with van der Waals surface area (Å²) >= 11 is 0. The van der Waals surface area contributed by atoms with Crippen molar-refractivity contribution in [3.8, 4) is 16.9 Å². The predicted octanol–water partition coefficient (Wildman–Crippen LogP) is 6.62. The monoisotopic (exact) mass is 388 g/mol. The minimum Gasteiger partial charge on any atom is -0.423 e. The Bertz CT molecular complexity index is 910. The first-order valence-corrected chi connectivity index (χ1v) is 10.2. The van der Waals surface area contributed by atoms with Gasteiger partial charge in [0.2, 0.25) is 0 Å². The number of carbonyl (C=O) groups excluding carboxylic acids is 1. The fourth-order valence-electron chi connectivity index (χ4n) is 3.27. The van der Waals surface area contributed by atoms with Crippen molar-refractivity contribution in [2.75, 3.05) is 6.61 Å². The van der Waals surface area contributed by atoms with E-state index in [1.807, 2.05) is 50.2 Å². The molecule has 3 nitrogen and oxygen atoms in total. The van der Waals surface area contributed by atoms with Gasteiger partial charge in [0.05, 0.1) is 11.7 Å². The van der Waals surface area contributed by atoms with Crippen molar-refractivity contribution in [1.29, 1.82) is 0 Å². The highest BCUT2D eigenvalue weighted by molar-refractivity contribution is 5.91. The van der Waals surface area contributed by atoms with Crippen molar-refractivity contribution >= 4 is 5.97 Å². The van der Waals surface area contributed by atoms with E-state index in [0.29, 0.717) is 17.9 Å². The average molecular weight is 389 g/mol. The zero-order chi connectivity index (χ0) is 20.6. The predicted molar refractivity (Wildman–Crippen MR) is 117 cm³/mol. The van der Waals surface area contributed by atoms with Crippen LogP contribution in [0.2, 0.25) is 0 Å². The molecule has 1 atom stereocenters. The Balaban J connectivity index is 1.63.